The van der Waals surface area contributed by atoms with Gasteiger partial charge >= 0.3 is 0 Å². The van der Waals surface area contributed by atoms with Crippen molar-refractivity contribution in [1.29, 1.82) is 0 Å². The third-order valence-corrected chi connectivity index (χ3v) is 4.27. The molecule has 0 bridgehead atoms. The molecule has 0 atom stereocenters. The summed E-state index contributed by atoms with van der Waals surface area (Å²) in [5.74, 6) is -0.454. The lowest BCUT2D eigenvalue weighted by Gasteiger charge is -2.07. The van der Waals surface area contributed by atoms with Crippen molar-refractivity contribution < 1.29 is 9.31 Å². The number of nitrogens with one attached hydrogen (secondary N) is 1. The minimum Gasteiger partial charge on any atom is -0.379 e. The third-order valence-electron chi connectivity index (χ3n) is 2.50. The molecule has 0 aliphatic heterocycles. The predicted molar refractivity (Wildman–Crippen MR) is 82.3 cm³/mol. The number of halogens is 2. The van der Waals surface area contributed by atoms with E-state index in [-0.39, 0.29) is 14.9 Å². The van der Waals surface area contributed by atoms with E-state index in [1.54, 1.807) is 33.9 Å². The molecule has 0 unspecified atom stereocenters. The van der Waals surface area contributed by atoms with Crippen molar-refractivity contribution in [3.05, 3.63) is 54.0 Å². The number of thiophene rings is 1. The van der Waals surface area contributed by atoms with E-state index in [1.165, 1.54) is 17.0 Å². The zero-order valence-electron chi connectivity index (χ0n) is 9.73. The Morgan fingerprint density at radius 3 is 2.89 bits per heavy atom. The highest BCUT2D eigenvalue weighted by molar-refractivity contribution is 14.1. The van der Waals surface area contributed by atoms with Gasteiger partial charge in [-0.3, -0.25) is 10.1 Å². The van der Waals surface area contributed by atoms with Gasteiger partial charge < -0.3 is 5.32 Å². The van der Waals surface area contributed by atoms with Crippen molar-refractivity contribution >= 4 is 45.3 Å². The van der Waals surface area contributed by atoms with Crippen LogP contribution in [-0.4, -0.2) is 11.5 Å². The van der Waals surface area contributed by atoms with Gasteiger partial charge in [0, 0.05) is 23.6 Å². The molecular weight excluding hydrogens is 382 g/mol. The molecule has 19 heavy (non-hydrogen) atoms. The molecule has 0 saturated carbocycles. The lowest BCUT2D eigenvalue weighted by molar-refractivity contribution is -0.384. The van der Waals surface area contributed by atoms with Crippen molar-refractivity contribution in [2.45, 2.75) is 6.42 Å². The van der Waals surface area contributed by atoms with Crippen molar-refractivity contribution in [3.8, 4) is 0 Å². The molecule has 0 aliphatic rings. The molecule has 0 radical (unpaired) electrons. The molecule has 7 heteroatoms. The van der Waals surface area contributed by atoms with Gasteiger partial charge in [0.05, 0.1) is 8.49 Å². The second-order valence-electron chi connectivity index (χ2n) is 3.80. The summed E-state index contributed by atoms with van der Waals surface area (Å²) in [4.78, 5) is 11.6. The van der Waals surface area contributed by atoms with Crippen LogP contribution in [0.25, 0.3) is 0 Å². The minimum atomic E-state index is -0.505. The standard InChI is InChI=1S/C12H10FIN2O2S/c13-9-6-11(12(16(17)18)7-10(9)14)15-4-3-8-2-1-5-19-8/h1-2,5-7,15H,3-4H2. The van der Waals surface area contributed by atoms with E-state index in [0.717, 1.165) is 6.42 Å². The van der Waals surface area contributed by atoms with Crippen LogP contribution >= 0.6 is 33.9 Å². The monoisotopic (exact) mass is 392 g/mol. The average molecular weight is 392 g/mol. The molecule has 0 spiro atoms. The minimum absolute atomic E-state index is 0.100. The van der Waals surface area contributed by atoms with E-state index in [0.29, 0.717) is 6.54 Å². The highest BCUT2D eigenvalue weighted by atomic mass is 127. The summed E-state index contributed by atoms with van der Waals surface area (Å²) in [5.41, 5.74) is 0.122. The number of benzene rings is 1. The normalized spacial score (nSPS) is 10.4. The summed E-state index contributed by atoms with van der Waals surface area (Å²) in [6, 6.07) is 6.36. The summed E-state index contributed by atoms with van der Waals surface area (Å²) >= 11 is 3.37. The van der Waals surface area contributed by atoms with E-state index in [4.69, 9.17) is 0 Å². The van der Waals surface area contributed by atoms with Gasteiger partial charge in [0.25, 0.3) is 5.69 Å². The van der Waals surface area contributed by atoms with Crippen molar-refractivity contribution in [2.75, 3.05) is 11.9 Å². The van der Waals surface area contributed by atoms with Crippen LogP contribution in [0.5, 0.6) is 0 Å². The maximum absolute atomic E-state index is 13.5. The van der Waals surface area contributed by atoms with E-state index >= 15 is 0 Å². The van der Waals surface area contributed by atoms with Gasteiger partial charge in [-0.25, -0.2) is 4.39 Å². The highest BCUT2D eigenvalue weighted by Gasteiger charge is 2.17. The summed E-state index contributed by atoms with van der Waals surface area (Å²) in [6.45, 7) is 0.529. The zero-order valence-corrected chi connectivity index (χ0v) is 12.7. The van der Waals surface area contributed by atoms with Gasteiger partial charge in [0.15, 0.2) is 0 Å². The Balaban J connectivity index is 2.10. The van der Waals surface area contributed by atoms with Crippen LogP contribution in [0.3, 0.4) is 0 Å². The van der Waals surface area contributed by atoms with E-state index in [1.807, 2.05) is 17.5 Å². The molecule has 0 saturated heterocycles. The topological polar surface area (TPSA) is 55.2 Å². The van der Waals surface area contributed by atoms with Gasteiger partial charge in [-0.05, 0) is 40.5 Å². The van der Waals surface area contributed by atoms with Crippen molar-refractivity contribution in [3.63, 3.8) is 0 Å². The number of nitro benzene ring substituents is 1. The second kappa shape index (κ2) is 6.29. The van der Waals surface area contributed by atoms with Gasteiger partial charge in [-0.2, -0.15) is 0 Å². The molecule has 1 aromatic heterocycles. The highest BCUT2D eigenvalue weighted by Crippen LogP contribution is 2.28. The molecule has 100 valence electrons. The quantitative estimate of drug-likeness (QED) is 0.475. The van der Waals surface area contributed by atoms with Crippen LogP contribution in [0.1, 0.15) is 4.88 Å². The third kappa shape index (κ3) is 3.63. The molecule has 2 rings (SSSR count). The van der Waals surface area contributed by atoms with Crippen LogP contribution in [-0.2, 0) is 6.42 Å². The Labute approximate surface area is 126 Å². The Bertz CT molecular complexity index is 590. The Hall–Kier alpha value is -1.22. The van der Waals surface area contributed by atoms with Gasteiger partial charge in [0.1, 0.15) is 11.5 Å². The molecule has 1 heterocycles. The van der Waals surface area contributed by atoms with E-state index < -0.39 is 10.7 Å². The van der Waals surface area contributed by atoms with E-state index in [9.17, 15) is 14.5 Å². The molecule has 4 nitrogen and oxygen atoms in total. The number of rotatable bonds is 5. The molecule has 0 amide bonds. The predicted octanol–water partition coefficient (Wildman–Crippen LogP) is 4.05. The Morgan fingerprint density at radius 2 is 2.26 bits per heavy atom. The summed E-state index contributed by atoms with van der Waals surface area (Å²) in [6.07, 6.45) is 0.752. The first kappa shape index (κ1) is 14.2. The second-order valence-corrected chi connectivity index (χ2v) is 5.99. The summed E-state index contributed by atoms with van der Waals surface area (Å²) < 4.78 is 13.7. The lowest BCUT2D eigenvalue weighted by Crippen LogP contribution is -2.07. The van der Waals surface area contributed by atoms with Crippen LogP contribution < -0.4 is 5.32 Å². The lowest BCUT2D eigenvalue weighted by atomic mass is 10.2. The fourth-order valence-corrected chi connectivity index (χ4v) is 2.76. The van der Waals surface area contributed by atoms with Gasteiger partial charge in [-0.1, -0.05) is 6.07 Å². The molecule has 2 aromatic rings. The SMILES string of the molecule is O=[N+]([O-])c1cc(I)c(F)cc1NCCc1cccs1. The van der Waals surface area contributed by atoms with Crippen molar-refractivity contribution in [1.82, 2.24) is 0 Å². The number of hydrogen-bond donors (Lipinski definition) is 1. The average Bonchev–Trinajstić information content (AvgIpc) is 2.86. The van der Waals surface area contributed by atoms with Crippen LogP contribution in [0.4, 0.5) is 15.8 Å². The Kier molecular flexibility index (Phi) is 4.70. The molecule has 1 aromatic carbocycles. The van der Waals surface area contributed by atoms with Gasteiger partial charge in [-0.15, -0.1) is 11.3 Å². The smallest absolute Gasteiger partial charge is 0.293 e. The Morgan fingerprint density at radius 1 is 1.47 bits per heavy atom. The first-order valence-electron chi connectivity index (χ1n) is 5.47. The maximum atomic E-state index is 13.5. The van der Waals surface area contributed by atoms with E-state index in [2.05, 4.69) is 5.32 Å². The molecular formula is C12H10FIN2O2S. The van der Waals surface area contributed by atoms with Crippen LogP contribution in [0, 0.1) is 19.5 Å². The van der Waals surface area contributed by atoms with Crippen LogP contribution in [0.15, 0.2) is 29.6 Å². The van der Waals surface area contributed by atoms with Crippen LogP contribution in [0.2, 0.25) is 0 Å². The number of nitrogens with zero attached hydrogens (tertiary/aromatic N) is 1. The molecule has 0 aliphatic carbocycles. The molecule has 1 N–H and O–H groups in total. The molecule has 0 fully saturated rings. The number of nitro groups is 1. The summed E-state index contributed by atoms with van der Waals surface area (Å²) in [7, 11) is 0. The summed E-state index contributed by atoms with van der Waals surface area (Å²) in [5, 5.41) is 15.8. The fourth-order valence-electron chi connectivity index (χ4n) is 1.60. The number of anilines is 1. The first-order chi connectivity index (χ1) is 9.08. The zero-order chi connectivity index (χ0) is 13.8. The first-order valence-corrected chi connectivity index (χ1v) is 7.43. The number of hydrogen-bond acceptors (Lipinski definition) is 4. The maximum Gasteiger partial charge on any atom is 0.293 e. The fraction of sp³-hybridized carbons (Fsp3) is 0.167. The largest absolute Gasteiger partial charge is 0.379 e. The van der Waals surface area contributed by atoms with Gasteiger partial charge in [0.2, 0.25) is 0 Å². The van der Waals surface area contributed by atoms with Crippen molar-refractivity contribution in [2.24, 2.45) is 0 Å².